The van der Waals surface area contributed by atoms with Crippen molar-refractivity contribution in [1.82, 2.24) is 0 Å². The quantitative estimate of drug-likeness (QED) is 0.616. The highest BCUT2D eigenvalue weighted by Crippen LogP contribution is 2.17. The Labute approximate surface area is 93.9 Å². The topological polar surface area (TPSA) is 37.3 Å². The van der Waals surface area contributed by atoms with Crippen molar-refractivity contribution in [2.45, 2.75) is 13.3 Å². The van der Waals surface area contributed by atoms with Crippen LogP contribution >= 0.6 is 11.6 Å². The van der Waals surface area contributed by atoms with Crippen LogP contribution in [0, 0.1) is 11.8 Å². The smallest absolute Gasteiger partial charge is 0.161 e. The fourth-order valence-corrected chi connectivity index (χ4v) is 1.41. The van der Waals surface area contributed by atoms with Crippen LogP contribution in [-0.2, 0) is 0 Å². The number of carbonyl (C=O) groups is 1. The predicted octanol–water partition coefficient (Wildman–Crippen LogP) is 2.28. The van der Waals surface area contributed by atoms with Crippen molar-refractivity contribution in [2.75, 3.05) is 6.61 Å². The zero-order chi connectivity index (χ0) is 11.3. The van der Waals surface area contributed by atoms with Crippen LogP contribution in [0.5, 0.6) is 0 Å². The van der Waals surface area contributed by atoms with Crippen LogP contribution in [-0.4, -0.2) is 17.5 Å². The van der Waals surface area contributed by atoms with Gasteiger partial charge >= 0.3 is 0 Å². The van der Waals surface area contributed by atoms with Gasteiger partial charge < -0.3 is 5.11 Å². The molecule has 0 saturated carbocycles. The number of aliphatic hydroxyl groups excluding tert-OH is 1. The highest BCUT2D eigenvalue weighted by Gasteiger charge is 2.04. The summed E-state index contributed by atoms with van der Waals surface area (Å²) in [6.45, 7) is 1.52. The summed E-state index contributed by atoms with van der Waals surface area (Å²) >= 11 is 5.90. The van der Waals surface area contributed by atoms with Gasteiger partial charge in [0.05, 0.1) is 11.6 Å². The van der Waals surface area contributed by atoms with E-state index in [-0.39, 0.29) is 12.4 Å². The van der Waals surface area contributed by atoms with Gasteiger partial charge in [-0.05, 0) is 25.1 Å². The van der Waals surface area contributed by atoms with E-state index in [4.69, 9.17) is 16.7 Å². The van der Waals surface area contributed by atoms with Gasteiger partial charge in [0.1, 0.15) is 0 Å². The minimum Gasteiger partial charge on any atom is -0.395 e. The van der Waals surface area contributed by atoms with Crippen LogP contribution in [0.25, 0.3) is 0 Å². The largest absolute Gasteiger partial charge is 0.395 e. The van der Waals surface area contributed by atoms with Crippen molar-refractivity contribution in [2.24, 2.45) is 0 Å². The first-order valence-corrected chi connectivity index (χ1v) is 4.93. The van der Waals surface area contributed by atoms with Crippen LogP contribution in [0.2, 0.25) is 5.02 Å². The lowest BCUT2D eigenvalue weighted by Crippen LogP contribution is -1.93. The molecule has 0 heterocycles. The molecular formula is C12H11ClO2. The zero-order valence-corrected chi connectivity index (χ0v) is 9.14. The van der Waals surface area contributed by atoms with Crippen LogP contribution in [0.3, 0.4) is 0 Å². The average Bonchev–Trinajstić information content (AvgIpc) is 2.17. The molecule has 0 aliphatic heterocycles. The lowest BCUT2D eigenvalue weighted by atomic mass is 10.1. The summed E-state index contributed by atoms with van der Waals surface area (Å²) in [7, 11) is 0. The average molecular weight is 223 g/mol. The summed E-state index contributed by atoms with van der Waals surface area (Å²) in [5.41, 5.74) is 1.25. The fraction of sp³-hybridized carbons (Fsp3) is 0.250. The summed E-state index contributed by atoms with van der Waals surface area (Å²) in [6, 6.07) is 5.06. The van der Waals surface area contributed by atoms with Crippen LogP contribution in [0.1, 0.15) is 29.3 Å². The Morgan fingerprint density at radius 2 is 2.27 bits per heavy atom. The van der Waals surface area contributed by atoms with E-state index in [1.165, 1.54) is 6.92 Å². The molecule has 0 bridgehead atoms. The van der Waals surface area contributed by atoms with Gasteiger partial charge in [0.2, 0.25) is 0 Å². The summed E-state index contributed by atoms with van der Waals surface area (Å²) < 4.78 is 0. The van der Waals surface area contributed by atoms with Crippen LogP contribution < -0.4 is 0 Å². The maximum Gasteiger partial charge on any atom is 0.161 e. The predicted molar refractivity (Wildman–Crippen MR) is 60.0 cm³/mol. The molecule has 0 aliphatic carbocycles. The first-order valence-electron chi connectivity index (χ1n) is 4.55. The molecule has 0 unspecified atom stereocenters. The molecule has 0 radical (unpaired) electrons. The number of benzene rings is 1. The van der Waals surface area contributed by atoms with Crippen LogP contribution in [0.4, 0.5) is 0 Å². The molecule has 0 spiro atoms. The van der Waals surface area contributed by atoms with Crippen molar-refractivity contribution in [1.29, 1.82) is 0 Å². The van der Waals surface area contributed by atoms with E-state index in [1.807, 2.05) is 0 Å². The van der Waals surface area contributed by atoms with E-state index in [0.717, 1.165) is 5.56 Å². The third kappa shape index (κ3) is 3.39. The van der Waals surface area contributed by atoms with Gasteiger partial charge in [0, 0.05) is 17.5 Å². The third-order valence-electron chi connectivity index (χ3n) is 1.82. The number of aliphatic hydroxyl groups is 1. The van der Waals surface area contributed by atoms with E-state index in [9.17, 15) is 4.79 Å². The van der Waals surface area contributed by atoms with E-state index in [1.54, 1.807) is 18.2 Å². The number of ketones is 1. The Bertz CT molecular complexity index is 427. The molecular weight excluding hydrogens is 212 g/mol. The van der Waals surface area contributed by atoms with Crippen molar-refractivity contribution >= 4 is 17.4 Å². The molecule has 1 N–H and O–H groups in total. The number of Topliss-reactive ketones (excluding diaryl/α,β-unsaturated/α-hetero) is 1. The molecule has 1 aromatic rings. The normalized spacial score (nSPS) is 9.27. The van der Waals surface area contributed by atoms with Crippen molar-refractivity contribution < 1.29 is 9.90 Å². The number of hydrogen-bond acceptors (Lipinski definition) is 2. The number of halogens is 1. The molecule has 0 atom stereocenters. The third-order valence-corrected chi connectivity index (χ3v) is 2.13. The second kappa shape index (κ2) is 5.55. The number of carbonyl (C=O) groups excluding carboxylic acids is 1. The summed E-state index contributed by atoms with van der Waals surface area (Å²) in [4.78, 5) is 11.1. The fourth-order valence-electron chi connectivity index (χ4n) is 1.10. The lowest BCUT2D eigenvalue weighted by molar-refractivity contribution is 0.101. The Hall–Kier alpha value is -1.30. The molecule has 1 rings (SSSR count). The molecule has 3 heteroatoms. The van der Waals surface area contributed by atoms with Crippen molar-refractivity contribution in [3.05, 3.63) is 34.3 Å². The van der Waals surface area contributed by atoms with E-state index in [0.29, 0.717) is 17.0 Å². The van der Waals surface area contributed by atoms with Gasteiger partial charge in [-0.25, -0.2) is 0 Å². The highest BCUT2D eigenvalue weighted by atomic mass is 35.5. The second-order valence-electron chi connectivity index (χ2n) is 3.03. The molecule has 0 aromatic heterocycles. The minimum atomic E-state index is -0.0603. The first-order chi connectivity index (χ1) is 7.15. The van der Waals surface area contributed by atoms with Crippen molar-refractivity contribution in [3.8, 4) is 11.8 Å². The van der Waals surface area contributed by atoms with Gasteiger partial charge in [0.15, 0.2) is 5.78 Å². The molecule has 0 amide bonds. The van der Waals surface area contributed by atoms with Gasteiger partial charge in [-0.15, -0.1) is 0 Å². The standard InChI is InChI=1S/C12H11ClO2/c1-9(15)11-6-5-10(8-12(11)13)4-2-3-7-14/h5-6,8,14H,3,7H2,1H3. The van der Waals surface area contributed by atoms with E-state index >= 15 is 0 Å². The molecule has 0 fully saturated rings. The summed E-state index contributed by atoms with van der Waals surface area (Å²) in [5, 5.41) is 8.96. The van der Waals surface area contributed by atoms with Gasteiger partial charge in [-0.1, -0.05) is 23.4 Å². The SMILES string of the molecule is CC(=O)c1ccc(C#CCCO)cc1Cl. The minimum absolute atomic E-state index is 0.0479. The van der Waals surface area contributed by atoms with Gasteiger partial charge in [-0.2, -0.15) is 0 Å². The van der Waals surface area contributed by atoms with Gasteiger partial charge in [-0.3, -0.25) is 4.79 Å². The molecule has 0 aliphatic rings. The maximum absolute atomic E-state index is 11.1. The first kappa shape index (κ1) is 11.8. The molecule has 0 saturated heterocycles. The zero-order valence-electron chi connectivity index (χ0n) is 8.38. The van der Waals surface area contributed by atoms with E-state index < -0.39 is 0 Å². The number of rotatable bonds is 2. The Kier molecular flexibility index (Phi) is 4.36. The maximum atomic E-state index is 11.1. The molecule has 78 valence electrons. The lowest BCUT2D eigenvalue weighted by Gasteiger charge is -1.99. The molecule has 2 nitrogen and oxygen atoms in total. The molecule has 1 aromatic carbocycles. The Balaban J connectivity index is 2.93. The Morgan fingerprint density at radius 3 is 2.80 bits per heavy atom. The summed E-state index contributed by atoms with van der Waals surface area (Å²) in [6.07, 6.45) is 0.437. The second-order valence-corrected chi connectivity index (χ2v) is 3.43. The highest BCUT2D eigenvalue weighted by molar-refractivity contribution is 6.33. The molecule has 15 heavy (non-hydrogen) atoms. The summed E-state index contributed by atoms with van der Waals surface area (Å²) in [5.74, 6) is 5.57. The van der Waals surface area contributed by atoms with Gasteiger partial charge in [0.25, 0.3) is 0 Å². The number of hydrogen-bond donors (Lipinski definition) is 1. The monoisotopic (exact) mass is 222 g/mol. The Morgan fingerprint density at radius 1 is 1.53 bits per heavy atom. The van der Waals surface area contributed by atoms with Crippen LogP contribution in [0.15, 0.2) is 18.2 Å². The van der Waals surface area contributed by atoms with Crippen molar-refractivity contribution in [3.63, 3.8) is 0 Å². The van der Waals surface area contributed by atoms with E-state index in [2.05, 4.69) is 11.8 Å².